The first-order chi connectivity index (χ1) is 8.20. The minimum atomic E-state index is 0.182. The summed E-state index contributed by atoms with van der Waals surface area (Å²) in [4.78, 5) is 0. The van der Waals surface area contributed by atoms with Crippen LogP contribution in [0.4, 0.5) is 0 Å². The van der Waals surface area contributed by atoms with Gasteiger partial charge in [-0.05, 0) is 19.8 Å². The summed E-state index contributed by atoms with van der Waals surface area (Å²) in [7, 11) is 1.95. The molecule has 5 nitrogen and oxygen atoms in total. The van der Waals surface area contributed by atoms with Crippen LogP contribution in [0.1, 0.15) is 36.6 Å². The molecule has 0 saturated carbocycles. The highest BCUT2D eigenvalue weighted by Crippen LogP contribution is 2.17. The monoisotopic (exact) mass is 237 g/mol. The first kappa shape index (κ1) is 12.5. The van der Waals surface area contributed by atoms with Gasteiger partial charge in [-0.15, -0.1) is 0 Å². The first-order valence-corrected chi connectivity index (χ1v) is 6.42. The Morgan fingerprint density at radius 3 is 2.65 bits per heavy atom. The van der Waals surface area contributed by atoms with Crippen LogP contribution in [0.25, 0.3) is 0 Å². The van der Waals surface area contributed by atoms with Gasteiger partial charge in [-0.2, -0.15) is 5.10 Å². The highest BCUT2D eigenvalue weighted by atomic mass is 15.5. The largest absolute Gasteiger partial charge is 0.329 e. The summed E-state index contributed by atoms with van der Waals surface area (Å²) in [6.45, 7) is 4.88. The lowest BCUT2D eigenvalue weighted by atomic mass is 10.1. The van der Waals surface area contributed by atoms with Gasteiger partial charge in [-0.3, -0.25) is 4.68 Å². The fraction of sp³-hybridized carbons (Fsp3) is 0.750. The molecule has 1 aromatic rings. The lowest BCUT2D eigenvalue weighted by Crippen LogP contribution is -2.45. The maximum Gasteiger partial charge on any atom is 0.0642 e. The zero-order valence-corrected chi connectivity index (χ0v) is 10.8. The highest BCUT2D eigenvalue weighted by Gasteiger charge is 2.19. The number of aryl methyl sites for hydroxylation is 2. The second-order valence-electron chi connectivity index (χ2n) is 4.81. The number of hydrazine groups is 1. The number of hydrogen-bond donors (Lipinski definition) is 2. The summed E-state index contributed by atoms with van der Waals surface area (Å²) in [6.07, 6.45) is 5.95. The second kappa shape index (κ2) is 5.62. The van der Waals surface area contributed by atoms with E-state index >= 15 is 0 Å². The molecule has 2 rings (SSSR count). The molecule has 1 unspecified atom stereocenters. The molecular formula is C12H23N5. The lowest BCUT2D eigenvalue weighted by Gasteiger charge is -2.31. The van der Waals surface area contributed by atoms with Gasteiger partial charge in [0.25, 0.3) is 0 Å². The van der Waals surface area contributed by atoms with Gasteiger partial charge in [0.1, 0.15) is 0 Å². The van der Waals surface area contributed by atoms with Crippen molar-refractivity contribution in [1.29, 1.82) is 0 Å². The molecule has 3 N–H and O–H groups in total. The number of nitrogens with one attached hydrogen (secondary N) is 1. The molecule has 1 aliphatic heterocycles. The molecule has 17 heavy (non-hydrogen) atoms. The van der Waals surface area contributed by atoms with Crippen molar-refractivity contribution in [3.05, 3.63) is 17.5 Å². The molecule has 1 saturated heterocycles. The van der Waals surface area contributed by atoms with Crippen molar-refractivity contribution >= 4 is 0 Å². The van der Waals surface area contributed by atoms with Gasteiger partial charge in [-0.25, -0.2) is 10.4 Å². The predicted octanol–water partition coefficient (Wildman–Crippen LogP) is 0.719. The van der Waals surface area contributed by atoms with Crippen molar-refractivity contribution in [2.45, 2.75) is 32.2 Å². The van der Waals surface area contributed by atoms with E-state index in [0.29, 0.717) is 6.54 Å². The van der Waals surface area contributed by atoms with Crippen molar-refractivity contribution in [2.75, 3.05) is 19.6 Å². The molecule has 0 aromatic carbocycles. The molecule has 0 amide bonds. The van der Waals surface area contributed by atoms with Crippen LogP contribution >= 0.6 is 0 Å². The van der Waals surface area contributed by atoms with Gasteiger partial charge in [0.2, 0.25) is 0 Å². The summed E-state index contributed by atoms with van der Waals surface area (Å²) in [6, 6.07) is 0.182. The van der Waals surface area contributed by atoms with Crippen LogP contribution in [0.15, 0.2) is 6.20 Å². The normalized spacial score (nSPS) is 19.5. The maximum atomic E-state index is 5.87. The number of rotatable bonds is 4. The average Bonchev–Trinajstić information content (AvgIpc) is 2.67. The van der Waals surface area contributed by atoms with E-state index in [-0.39, 0.29) is 6.04 Å². The number of piperidine rings is 1. The van der Waals surface area contributed by atoms with E-state index in [9.17, 15) is 0 Å². The van der Waals surface area contributed by atoms with Crippen LogP contribution in [-0.4, -0.2) is 34.4 Å². The van der Waals surface area contributed by atoms with Gasteiger partial charge in [0.05, 0.1) is 11.7 Å². The average molecular weight is 237 g/mol. The van der Waals surface area contributed by atoms with E-state index in [0.717, 1.165) is 18.8 Å². The Morgan fingerprint density at radius 2 is 2.12 bits per heavy atom. The summed E-state index contributed by atoms with van der Waals surface area (Å²) >= 11 is 0. The van der Waals surface area contributed by atoms with Crippen molar-refractivity contribution in [2.24, 2.45) is 12.8 Å². The molecule has 0 bridgehead atoms. The zero-order valence-electron chi connectivity index (χ0n) is 10.8. The van der Waals surface area contributed by atoms with Gasteiger partial charge in [0.15, 0.2) is 0 Å². The molecule has 1 fully saturated rings. The third kappa shape index (κ3) is 3.06. The number of aromatic nitrogens is 2. The zero-order chi connectivity index (χ0) is 12.3. The SMILES string of the molecule is Cc1nn(C)cc1C(CN)NN1CCCCC1. The van der Waals surface area contributed by atoms with Crippen molar-refractivity contribution in [3.63, 3.8) is 0 Å². The smallest absolute Gasteiger partial charge is 0.0642 e. The summed E-state index contributed by atoms with van der Waals surface area (Å²) < 4.78 is 1.85. The molecule has 1 aromatic heterocycles. The third-order valence-corrected chi connectivity index (χ3v) is 3.36. The van der Waals surface area contributed by atoms with E-state index in [2.05, 4.69) is 21.7 Å². The van der Waals surface area contributed by atoms with Crippen molar-refractivity contribution < 1.29 is 0 Å². The molecule has 0 aliphatic carbocycles. The van der Waals surface area contributed by atoms with E-state index in [1.165, 1.54) is 24.8 Å². The van der Waals surface area contributed by atoms with Gasteiger partial charge >= 0.3 is 0 Å². The number of nitrogens with zero attached hydrogens (tertiary/aromatic N) is 3. The van der Waals surface area contributed by atoms with Crippen molar-refractivity contribution in [1.82, 2.24) is 20.2 Å². The minimum absolute atomic E-state index is 0.182. The van der Waals surface area contributed by atoms with Crippen molar-refractivity contribution in [3.8, 4) is 0 Å². The van der Waals surface area contributed by atoms with E-state index in [1.54, 1.807) is 0 Å². The van der Waals surface area contributed by atoms with Crippen LogP contribution in [0.5, 0.6) is 0 Å². The standard InChI is InChI=1S/C12H23N5/c1-10-11(9-16(2)14-10)12(8-13)15-17-6-4-3-5-7-17/h9,12,15H,3-8,13H2,1-2H3. The Balaban J connectivity index is 2.02. The fourth-order valence-corrected chi connectivity index (χ4v) is 2.45. The van der Waals surface area contributed by atoms with Crippen LogP contribution in [0.3, 0.4) is 0 Å². The Hall–Kier alpha value is -0.910. The lowest BCUT2D eigenvalue weighted by molar-refractivity contribution is 0.130. The minimum Gasteiger partial charge on any atom is -0.329 e. The quantitative estimate of drug-likeness (QED) is 0.810. The van der Waals surface area contributed by atoms with E-state index < -0.39 is 0 Å². The van der Waals surface area contributed by atoms with Crippen LogP contribution in [-0.2, 0) is 7.05 Å². The Bertz CT molecular complexity index is 354. The molecule has 1 aliphatic rings. The van der Waals surface area contributed by atoms with E-state index in [1.807, 2.05) is 18.7 Å². The third-order valence-electron chi connectivity index (χ3n) is 3.36. The summed E-state index contributed by atoms with van der Waals surface area (Å²) in [5.74, 6) is 0. The summed E-state index contributed by atoms with van der Waals surface area (Å²) in [5, 5.41) is 6.67. The van der Waals surface area contributed by atoms with Crippen LogP contribution in [0, 0.1) is 6.92 Å². The van der Waals surface area contributed by atoms with Crippen LogP contribution < -0.4 is 11.2 Å². The second-order valence-corrected chi connectivity index (χ2v) is 4.81. The molecule has 0 spiro atoms. The van der Waals surface area contributed by atoms with E-state index in [4.69, 9.17) is 5.73 Å². The molecule has 96 valence electrons. The molecule has 5 heteroatoms. The maximum absolute atomic E-state index is 5.87. The van der Waals surface area contributed by atoms with Gasteiger partial charge in [-0.1, -0.05) is 6.42 Å². The van der Waals surface area contributed by atoms with Gasteiger partial charge < -0.3 is 5.73 Å². The van der Waals surface area contributed by atoms with Gasteiger partial charge in [0, 0.05) is 38.4 Å². The molecule has 1 atom stereocenters. The highest BCUT2D eigenvalue weighted by molar-refractivity contribution is 5.20. The Morgan fingerprint density at radius 1 is 1.41 bits per heavy atom. The molecule has 2 heterocycles. The fourth-order valence-electron chi connectivity index (χ4n) is 2.45. The molecule has 0 radical (unpaired) electrons. The summed E-state index contributed by atoms with van der Waals surface area (Å²) in [5.41, 5.74) is 11.7. The Labute approximate surface area is 103 Å². The molecular weight excluding hydrogens is 214 g/mol. The number of hydrogen-bond acceptors (Lipinski definition) is 4. The Kier molecular flexibility index (Phi) is 4.15. The number of nitrogens with two attached hydrogens (primary N) is 1. The van der Waals surface area contributed by atoms with Crippen LogP contribution in [0.2, 0.25) is 0 Å². The predicted molar refractivity (Wildman–Crippen MR) is 68.3 cm³/mol. The topological polar surface area (TPSA) is 59.1 Å². The first-order valence-electron chi connectivity index (χ1n) is 6.42.